The Bertz CT molecular complexity index is 918. The molecule has 1 unspecified atom stereocenters. The van der Waals surface area contributed by atoms with Crippen LogP contribution in [0.15, 0.2) is 48.5 Å². The second-order valence-electron chi connectivity index (χ2n) is 7.49. The van der Waals surface area contributed by atoms with Gasteiger partial charge in [-0.1, -0.05) is 42.3 Å². The number of carboxylic acids is 1. The smallest absolute Gasteiger partial charge is 0.345 e. The molecule has 4 rings (SSSR count). The Morgan fingerprint density at radius 2 is 1.89 bits per heavy atom. The topological polar surface area (TPSA) is 60.8 Å². The number of aliphatic carboxylic acids is 1. The molecule has 2 fully saturated rings. The van der Waals surface area contributed by atoms with E-state index in [2.05, 4.69) is 16.7 Å². The molecule has 2 aromatic rings. The monoisotopic (exact) mass is 361 g/mol. The quantitative estimate of drug-likeness (QED) is 0.804. The number of rotatable bonds is 5. The first-order valence-electron chi connectivity index (χ1n) is 9.33. The molecule has 1 heterocycles. The molecule has 1 aliphatic carbocycles. The number of benzene rings is 2. The molecule has 0 bridgehead atoms. The predicted octanol–water partition coefficient (Wildman–Crippen LogP) is 3.03. The van der Waals surface area contributed by atoms with Crippen molar-refractivity contribution in [3.05, 3.63) is 65.2 Å². The molecule has 3 atom stereocenters. The highest BCUT2D eigenvalue weighted by Crippen LogP contribution is 2.46. The van der Waals surface area contributed by atoms with Gasteiger partial charge in [0.2, 0.25) is 5.60 Å². The van der Waals surface area contributed by atoms with E-state index in [1.165, 1.54) is 6.42 Å². The average molecular weight is 361 g/mol. The zero-order chi connectivity index (χ0) is 19.0. The molecule has 138 valence electrons. The molecule has 27 heavy (non-hydrogen) atoms. The highest BCUT2D eigenvalue weighted by atomic mass is 16.4. The number of anilines is 1. The van der Waals surface area contributed by atoms with Gasteiger partial charge in [-0.25, -0.2) is 4.79 Å². The summed E-state index contributed by atoms with van der Waals surface area (Å²) in [5.41, 5.74) is 0.476. The Morgan fingerprint density at radius 3 is 2.52 bits per heavy atom. The van der Waals surface area contributed by atoms with Gasteiger partial charge in [0.15, 0.2) is 0 Å². The van der Waals surface area contributed by atoms with E-state index in [0.717, 1.165) is 36.2 Å². The van der Waals surface area contributed by atoms with Crippen molar-refractivity contribution in [2.24, 2.45) is 11.8 Å². The number of nitrogens with zero attached hydrogens (tertiary/aromatic N) is 1. The van der Waals surface area contributed by atoms with Crippen LogP contribution in [0.2, 0.25) is 0 Å². The van der Waals surface area contributed by atoms with Gasteiger partial charge in [0.25, 0.3) is 0 Å². The fourth-order valence-corrected chi connectivity index (χ4v) is 4.14. The van der Waals surface area contributed by atoms with Crippen molar-refractivity contribution in [3.63, 3.8) is 0 Å². The standard InChI is InChI=1S/C23H23NO3/c1-2-3-7-16-13-20(24-14-17-12-18(17)15-24)10-11-21(16)23(27,22(25)26)19-8-5-4-6-9-19/h4-6,8-11,13,17-18,27H,7,12,14-15H2,1H3,(H,25,26)/t17-,18+,23?. The lowest BCUT2D eigenvalue weighted by molar-refractivity contribution is -0.155. The summed E-state index contributed by atoms with van der Waals surface area (Å²) in [6, 6.07) is 14.3. The van der Waals surface area contributed by atoms with Crippen LogP contribution in [-0.4, -0.2) is 29.3 Å². The van der Waals surface area contributed by atoms with Gasteiger partial charge in [-0.3, -0.25) is 0 Å². The van der Waals surface area contributed by atoms with Crippen LogP contribution < -0.4 is 4.90 Å². The van der Waals surface area contributed by atoms with Crippen molar-refractivity contribution < 1.29 is 15.0 Å². The molecule has 2 N–H and O–H groups in total. The van der Waals surface area contributed by atoms with Crippen LogP contribution in [0.1, 0.15) is 30.0 Å². The summed E-state index contributed by atoms with van der Waals surface area (Å²) in [6.07, 6.45) is 1.73. The second kappa shape index (κ2) is 6.75. The minimum absolute atomic E-state index is 0.346. The number of hydrogen-bond acceptors (Lipinski definition) is 3. The molecule has 4 heteroatoms. The number of fused-ring (bicyclic) bond motifs is 1. The van der Waals surface area contributed by atoms with Crippen LogP contribution in [0, 0.1) is 23.7 Å². The van der Waals surface area contributed by atoms with E-state index >= 15 is 0 Å². The number of aliphatic hydroxyl groups is 1. The molecular weight excluding hydrogens is 338 g/mol. The van der Waals surface area contributed by atoms with Crippen LogP contribution in [0.4, 0.5) is 5.69 Å². The fraction of sp³-hybridized carbons (Fsp3) is 0.348. The third-order valence-electron chi connectivity index (χ3n) is 5.78. The van der Waals surface area contributed by atoms with Gasteiger partial charge in [0.05, 0.1) is 0 Å². The van der Waals surface area contributed by atoms with Gasteiger partial charge in [0.1, 0.15) is 0 Å². The Balaban J connectivity index is 1.79. The van der Waals surface area contributed by atoms with E-state index in [1.54, 1.807) is 43.3 Å². The van der Waals surface area contributed by atoms with Gasteiger partial charge in [-0.15, -0.1) is 5.92 Å². The van der Waals surface area contributed by atoms with Crippen LogP contribution in [0.3, 0.4) is 0 Å². The molecule has 1 saturated heterocycles. The number of carbonyl (C=O) groups is 1. The summed E-state index contributed by atoms with van der Waals surface area (Å²) >= 11 is 0. The minimum atomic E-state index is -2.10. The lowest BCUT2D eigenvalue weighted by Gasteiger charge is -2.28. The lowest BCUT2D eigenvalue weighted by atomic mass is 9.82. The largest absolute Gasteiger partial charge is 0.479 e. The second-order valence-corrected chi connectivity index (χ2v) is 7.49. The molecule has 2 aromatic carbocycles. The summed E-state index contributed by atoms with van der Waals surface area (Å²) in [5.74, 6) is 6.24. The number of piperidine rings is 1. The summed E-state index contributed by atoms with van der Waals surface area (Å²) in [5, 5.41) is 21.2. The van der Waals surface area contributed by atoms with Crippen molar-refractivity contribution in [1.29, 1.82) is 0 Å². The lowest BCUT2D eigenvalue weighted by Crippen LogP contribution is -2.38. The first-order chi connectivity index (χ1) is 13.0. The van der Waals surface area contributed by atoms with Gasteiger partial charge < -0.3 is 15.1 Å². The average Bonchev–Trinajstić information content (AvgIpc) is 3.31. The van der Waals surface area contributed by atoms with E-state index in [1.807, 2.05) is 12.1 Å². The maximum Gasteiger partial charge on any atom is 0.345 e. The molecular formula is C23H23NO3. The van der Waals surface area contributed by atoms with E-state index in [4.69, 9.17) is 0 Å². The molecule has 0 amide bonds. The maximum absolute atomic E-state index is 12.1. The van der Waals surface area contributed by atoms with E-state index in [-0.39, 0.29) is 0 Å². The normalized spacial score (nSPS) is 22.4. The molecule has 0 aromatic heterocycles. The summed E-state index contributed by atoms with van der Waals surface area (Å²) < 4.78 is 0. The minimum Gasteiger partial charge on any atom is -0.479 e. The highest BCUT2D eigenvalue weighted by molar-refractivity contribution is 5.84. The van der Waals surface area contributed by atoms with Crippen molar-refractivity contribution in [2.75, 3.05) is 18.0 Å². The SMILES string of the molecule is CC#CCc1cc(N2C[C@H]3C[C@H]3C2)ccc1C(O)(C(=O)O)c1ccccc1. The van der Waals surface area contributed by atoms with Crippen molar-refractivity contribution in [3.8, 4) is 11.8 Å². The Morgan fingerprint density at radius 1 is 1.19 bits per heavy atom. The third-order valence-corrected chi connectivity index (χ3v) is 5.78. The summed E-state index contributed by atoms with van der Waals surface area (Å²) in [6.45, 7) is 3.88. The molecule has 1 aliphatic heterocycles. The van der Waals surface area contributed by atoms with Gasteiger partial charge in [0, 0.05) is 30.8 Å². The highest BCUT2D eigenvalue weighted by Gasteiger charge is 2.46. The summed E-state index contributed by atoms with van der Waals surface area (Å²) in [4.78, 5) is 14.5. The Kier molecular flexibility index (Phi) is 4.41. The van der Waals surface area contributed by atoms with Crippen LogP contribution in [-0.2, 0) is 16.8 Å². The number of carboxylic acid groups (broad SMARTS) is 1. The molecule has 2 aliphatic rings. The van der Waals surface area contributed by atoms with Crippen molar-refractivity contribution >= 4 is 11.7 Å². The predicted molar refractivity (Wildman–Crippen MR) is 104 cm³/mol. The van der Waals surface area contributed by atoms with Gasteiger partial charge >= 0.3 is 5.97 Å². The van der Waals surface area contributed by atoms with Crippen molar-refractivity contribution in [2.45, 2.75) is 25.4 Å². The Labute approximate surface area is 159 Å². The van der Waals surface area contributed by atoms with Crippen molar-refractivity contribution in [1.82, 2.24) is 0 Å². The van der Waals surface area contributed by atoms with E-state index in [9.17, 15) is 15.0 Å². The molecule has 1 saturated carbocycles. The first-order valence-corrected chi connectivity index (χ1v) is 9.33. The van der Waals surface area contributed by atoms with Crippen LogP contribution in [0.5, 0.6) is 0 Å². The third kappa shape index (κ3) is 3.09. The maximum atomic E-state index is 12.1. The molecule has 4 nitrogen and oxygen atoms in total. The van der Waals surface area contributed by atoms with E-state index in [0.29, 0.717) is 17.5 Å². The zero-order valence-electron chi connectivity index (χ0n) is 15.4. The molecule has 0 spiro atoms. The fourth-order valence-electron chi connectivity index (χ4n) is 4.14. The number of hydrogen-bond donors (Lipinski definition) is 2. The Hall–Kier alpha value is -2.77. The molecule has 0 radical (unpaired) electrons. The van der Waals surface area contributed by atoms with Crippen LogP contribution in [0.25, 0.3) is 0 Å². The van der Waals surface area contributed by atoms with E-state index < -0.39 is 11.6 Å². The van der Waals surface area contributed by atoms with Gasteiger partial charge in [-0.05, 0) is 48.4 Å². The first kappa shape index (κ1) is 17.6. The van der Waals surface area contributed by atoms with Crippen LogP contribution >= 0.6 is 0 Å². The van der Waals surface area contributed by atoms with Gasteiger partial charge in [-0.2, -0.15) is 0 Å². The summed E-state index contributed by atoms with van der Waals surface area (Å²) in [7, 11) is 0. The zero-order valence-corrected chi connectivity index (χ0v) is 15.4.